The van der Waals surface area contributed by atoms with Crippen molar-refractivity contribution in [3.05, 3.63) is 82.4 Å². The number of hydrogen-bond donors (Lipinski definition) is 2. The van der Waals surface area contributed by atoms with Crippen LogP contribution < -0.4 is 14.8 Å². The minimum atomic E-state index is -4.51. The highest BCUT2D eigenvalue weighted by Gasteiger charge is 2.33. The first-order chi connectivity index (χ1) is 19.1. The lowest BCUT2D eigenvalue weighted by Crippen LogP contribution is -2.32. The maximum Gasteiger partial charge on any atom is 0.417 e. The number of nitrogens with zero attached hydrogens (tertiary/aromatic N) is 1. The first-order valence-electron chi connectivity index (χ1n) is 13.0. The number of carbonyl (C=O) groups excluding carboxylic acids is 1. The number of halogens is 4. The SMILES string of the molecule is CCN(CC)C(=O)c1ccc(OCC(O)CNCCc2ccc(-c3ccc(Cl)cc3C(F)(F)F)cc2)c(OC)c1. The van der Waals surface area contributed by atoms with E-state index in [1.165, 1.54) is 19.2 Å². The zero-order valence-corrected chi connectivity index (χ0v) is 23.5. The Bertz CT molecular complexity index is 1260. The van der Waals surface area contributed by atoms with Gasteiger partial charge in [0.05, 0.1) is 12.7 Å². The van der Waals surface area contributed by atoms with Crippen LogP contribution in [0.3, 0.4) is 0 Å². The monoisotopic (exact) mass is 578 g/mol. The Morgan fingerprint density at radius 1 is 1.02 bits per heavy atom. The average molecular weight is 579 g/mol. The summed E-state index contributed by atoms with van der Waals surface area (Å²) in [5, 5.41) is 13.5. The summed E-state index contributed by atoms with van der Waals surface area (Å²) in [4.78, 5) is 14.3. The number of amides is 1. The van der Waals surface area contributed by atoms with Gasteiger partial charge >= 0.3 is 6.18 Å². The van der Waals surface area contributed by atoms with Gasteiger partial charge in [-0.3, -0.25) is 4.79 Å². The molecule has 3 aromatic carbocycles. The van der Waals surface area contributed by atoms with Gasteiger partial charge in [0.1, 0.15) is 12.7 Å². The Kier molecular flexibility index (Phi) is 11.2. The van der Waals surface area contributed by atoms with Crippen LogP contribution in [0.15, 0.2) is 60.7 Å². The van der Waals surface area contributed by atoms with Crippen molar-refractivity contribution in [3.8, 4) is 22.6 Å². The third kappa shape index (κ3) is 8.36. The molecule has 10 heteroatoms. The Morgan fingerprint density at radius 3 is 2.35 bits per heavy atom. The highest BCUT2D eigenvalue weighted by Crippen LogP contribution is 2.38. The number of aliphatic hydroxyl groups is 1. The molecule has 0 aromatic heterocycles. The van der Waals surface area contributed by atoms with Gasteiger partial charge in [0.2, 0.25) is 0 Å². The van der Waals surface area contributed by atoms with E-state index < -0.39 is 17.8 Å². The molecule has 2 N–H and O–H groups in total. The van der Waals surface area contributed by atoms with Crippen molar-refractivity contribution in [2.24, 2.45) is 0 Å². The third-order valence-corrected chi connectivity index (χ3v) is 6.65. The van der Waals surface area contributed by atoms with E-state index in [2.05, 4.69) is 5.32 Å². The molecule has 0 saturated carbocycles. The van der Waals surface area contributed by atoms with Gasteiger partial charge in [-0.05, 0) is 73.8 Å². The van der Waals surface area contributed by atoms with Crippen LogP contribution in [-0.2, 0) is 12.6 Å². The molecule has 0 aliphatic heterocycles. The molecular formula is C30H34ClF3N2O4. The number of methoxy groups -OCH3 is 1. The summed E-state index contributed by atoms with van der Waals surface area (Å²) >= 11 is 5.78. The normalized spacial score (nSPS) is 12.2. The smallest absolute Gasteiger partial charge is 0.417 e. The standard InChI is InChI=1S/C30H34ClF3N2O4/c1-4-36(5-2)29(38)22-10-13-27(28(16-22)39-3)40-19-24(37)18-35-15-14-20-6-8-21(9-7-20)25-12-11-23(31)17-26(25)30(32,33)34/h6-13,16-17,24,35,37H,4-5,14-15,18-19H2,1-3H3. The lowest BCUT2D eigenvalue weighted by molar-refractivity contribution is -0.137. The van der Waals surface area contributed by atoms with Crippen LogP contribution >= 0.6 is 11.6 Å². The Balaban J connectivity index is 1.48. The predicted octanol–water partition coefficient (Wildman–Crippen LogP) is 6.09. The van der Waals surface area contributed by atoms with Crippen LogP contribution in [0.4, 0.5) is 13.2 Å². The summed E-state index contributed by atoms with van der Waals surface area (Å²) in [5.74, 6) is 0.736. The molecular weight excluding hydrogens is 545 g/mol. The number of carbonyl (C=O) groups is 1. The van der Waals surface area contributed by atoms with Crippen molar-refractivity contribution < 1.29 is 32.5 Å². The lowest BCUT2D eigenvalue weighted by atomic mass is 9.98. The quantitative estimate of drug-likeness (QED) is 0.240. The van der Waals surface area contributed by atoms with E-state index >= 15 is 0 Å². The molecule has 0 bridgehead atoms. The summed E-state index contributed by atoms with van der Waals surface area (Å²) in [6.07, 6.45) is -4.68. The second-order valence-corrected chi connectivity index (χ2v) is 9.58. The third-order valence-electron chi connectivity index (χ3n) is 6.41. The number of aliphatic hydroxyl groups excluding tert-OH is 1. The van der Waals surface area contributed by atoms with Crippen LogP contribution in [0.2, 0.25) is 5.02 Å². The molecule has 0 saturated heterocycles. The average Bonchev–Trinajstić information content (AvgIpc) is 2.94. The van der Waals surface area contributed by atoms with Gasteiger partial charge in [0.25, 0.3) is 5.91 Å². The summed E-state index contributed by atoms with van der Waals surface area (Å²) < 4.78 is 51.4. The maximum absolute atomic E-state index is 13.4. The van der Waals surface area contributed by atoms with Gasteiger partial charge in [0, 0.05) is 30.2 Å². The van der Waals surface area contributed by atoms with Crippen molar-refractivity contribution in [2.45, 2.75) is 32.5 Å². The van der Waals surface area contributed by atoms with E-state index in [1.54, 1.807) is 47.4 Å². The topological polar surface area (TPSA) is 71.0 Å². The van der Waals surface area contributed by atoms with Crippen molar-refractivity contribution in [1.29, 1.82) is 0 Å². The molecule has 3 aromatic rings. The van der Waals surface area contributed by atoms with Crippen molar-refractivity contribution in [1.82, 2.24) is 10.2 Å². The molecule has 0 fully saturated rings. The Morgan fingerprint density at radius 2 is 1.73 bits per heavy atom. The van der Waals surface area contributed by atoms with Crippen molar-refractivity contribution in [2.75, 3.05) is 39.9 Å². The molecule has 1 unspecified atom stereocenters. The Hall–Kier alpha value is -3.27. The van der Waals surface area contributed by atoms with E-state index in [1.807, 2.05) is 13.8 Å². The first kappa shape index (κ1) is 31.3. The fourth-order valence-electron chi connectivity index (χ4n) is 4.21. The fraction of sp³-hybridized carbons (Fsp3) is 0.367. The predicted molar refractivity (Wildman–Crippen MR) is 150 cm³/mol. The van der Waals surface area contributed by atoms with E-state index in [4.69, 9.17) is 21.1 Å². The molecule has 0 heterocycles. The molecule has 0 spiro atoms. The summed E-state index contributed by atoms with van der Waals surface area (Å²) in [6, 6.07) is 15.6. The minimum Gasteiger partial charge on any atom is -0.493 e. The molecule has 216 valence electrons. The zero-order chi connectivity index (χ0) is 29.3. The summed E-state index contributed by atoms with van der Waals surface area (Å²) in [7, 11) is 1.49. The van der Waals surface area contributed by atoms with Gasteiger partial charge in [0.15, 0.2) is 11.5 Å². The number of nitrogens with one attached hydrogen (secondary N) is 1. The molecule has 6 nitrogen and oxygen atoms in total. The second kappa shape index (κ2) is 14.4. The lowest BCUT2D eigenvalue weighted by Gasteiger charge is -2.20. The molecule has 40 heavy (non-hydrogen) atoms. The molecule has 1 atom stereocenters. The highest BCUT2D eigenvalue weighted by atomic mass is 35.5. The number of hydrogen-bond acceptors (Lipinski definition) is 5. The molecule has 1 amide bonds. The summed E-state index contributed by atoms with van der Waals surface area (Å²) in [6.45, 7) is 5.89. The molecule has 3 rings (SSSR count). The largest absolute Gasteiger partial charge is 0.493 e. The fourth-order valence-corrected chi connectivity index (χ4v) is 4.39. The van der Waals surface area contributed by atoms with Crippen molar-refractivity contribution in [3.63, 3.8) is 0 Å². The minimum absolute atomic E-state index is 0.0179. The number of ether oxygens (including phenoxy) is 2. The molecule has 0 radical (unpaired) electrons. The zero-order valence-electron chi connectivity index (χ0n) is 22.7. The van der Waals surface area contributed by atoms with Gasteiger partial charge in [-0.1, -0.05) is 41.9 Å². The number of alkyl halides is 3. The number of rotatable bonds is 13. The highest BCUT2D eigenvalue weighted by molar-refractivity contribution is 6.30. The maximum atomic E-state index is 13.4. The van der Waals surface area contributed by atoms with E-state index in [0.29, 0.717) is 48.7 Å². The van der Waals surface area contributed by atoms with Gasteiger partial charge in [-0.15, -0.1) is 0 Å². The van der Waals surface area contributed by atoms with Gasteiger partial charge < -0.3 is 24.8 Å². The first-order valence-corrected chi connectivity index (χ1v) is 13.4. The van der Waals surface area contributed by atoms with E-state index in [0.717, 1.165) is 11.6 Å². The van der Waals surface area contributed by atoms with Crippen LogP contribution in [0.25, 0.3) is 11.1 Å². The van der Waals surface area contributed by atoms with Gasteiger partial charge in [-0.2, -0.15) is 13.2 Å². The molecule has 0 aliphatic rings. The number of benzene rings is 3. The van der Waals surface area contributed by atoms with E-state index in [-0.39, 0.29) is 29.6 Å². The van der Waals surface area contributed by atoms with Crippen LogP contribution in [0, 0.1) is 0 Å². The van der Waals surface area contributed by atoms with Crippen LogP contribution in [0.5, 0.6) is 11.5 Å². The Labute approximate surface area is 237 Å². The summed E-state index contributed by atoms with van der Waals surface area (Å²) in [5.41, 5.74) is 1.19. The van der Waals surface area contributed by atoms with E-state index in [9.17, 15) is 23.1 Å². The van der Waals surface area contributed by atoms with Gasteiger partial charge in [-0.25, -0.2) is 0 Å². The van der Waals surface area contributed by atoms with Crippen LogP contribution in [0.1, 0.15) is 35.3 Å². The van der Waals surface area contributed by atoms with Crippen LogP contribution in [-0.4, -0.2) is 61.9 Å². The molecule has 0 aliphatic carbocycles. The van der Waals surface area contributed by atoms with Crippen molar-refractivity contribution >= 4 is 17.5 Å². The second-order valence-electron chi connectivity index (χ2n) is 9.15.